The minimum absolute atomic E-state index is 0.127. The molecule has 0 amide bonds. The zero-order valence-corrected chi connectivity index (χ0v) is 14.4. The van der Waals surface area contributed by atoms with Crippen molar-refractivity contribution in [2.24, 2.45) is 0 Å². The molecule has 0 N–H and O–H groups in total. The van der Waals surface area contributed by atoms with E-state index in [4.69, 9.17) is 14.2 Å². The van der Waals surface area contributed by atoms with Gasteiger partial charge in [0.05, 0.1) is 25.7 Å². The number of benzene rings is 1. The third-order valence-corrected chi connectivity index (χ3v) is 5.52. The molecule has 0 bridgehead atoms. The number of carbonyl (C=O) groups excluding carboxylic acids is 1. The molecule has 1 unspecified atom stereocenters. The van der Waals surface area contributed by atoms with Crippen molar-refractivity contribution in [3.63, 3.8) is 0 Å². The zero-order valence-electron chi connectivity index (χ0n) is 13.6. The van der Waals surface area contributed by atoms with E-state index in [1.807, 2.05) is 23.6 Å². The molecular formula is C19H18O4S. The van der Waals surface area contributed by atoms with Crippen molar-refractivity contribution in [3.05, 3.63) is 51.4 Å². The third-order valence-electron chi connectivity index (χ3n) is 4.58. The number of allylic oxidation sites excluding steroid dienone is 2. The molecule has 1 aliphatic carbocycles. The molecule has 0 saturated carbocycles. The van der Waals surface area contributed by atoms with Crippen molar-refractivity contribution in [2.75, 3.05) is 14.2 Å². The molecule has 2 heterocycles. The predicted molar refractivity (Wildman–Crippen MR) is 92.2 cm³/mol. The van der Waals surface area contributed by atoms with Gasteiger partial charge in [-0.3, -0.25) is 4.79 Å². The number of ether oxygens (including phenoxy) is 3. The van der Waals surface area contributed by atoms with E-state index in [0.717, 1.165) is 40.4 Å². The molecule has 0 spiro atoms. The molecule has 1 aliphatic heterocycles. The SMILES string of the molecule is COc1cc(OC)c2c(c1)OC1=C(C(=O)CCC1)C2c1cccs1. The quantitative estimate of drug-likeness (QED) is 0.834. The summed E-state index contributed by atoms with van der Waals surface area (Å²) in [6.07, 6.45) is 2.21. The fourth-order valence-corrected chi connectivity index (χ4v) is 4.36. The first-order valence-corrected chi connectivity index (χ1v) is 8.84. The van der Waals surface area contributed by atoms with Gasteiger partial charge >= 0.3 is 0 Å². The van der Waals surface area contributed by atoms with Gasteiger partial charge in [-0.1, -0.05) is 6.07 Å². The average molecular weight is 342 g/mol. The van der Waals surface area contributed by atoms with Crippen LogP contribution in [0.15, 0.2) is 41.0 Å². The van der Waals surface area contributed by atoms with Crippen molar-refractivity contribution in [2.45, 2.75) is 25.2 Å². The predicted octanol–water partition coefficient (Wildman–Crippen LogP) is 4.30. The summed E-state index contributed by atoms with van der Waals surface area (Å²) in [6.45, 7) is 0. The Bertz CT molecular complexity index is 820. The monoisotopic (exact) mass is 342 g/mol. The van der Waals surface area contributed by atoms with E-state index >= 15 is 0 Å². The van der Waals surface area contributed by atoms with Crippen LogP contribution in [0.25, 0.3) is 0 Å². The van der Waals surface area contributed by atoms with Gasteiger partial charge in [0.1, 0.15) is 23.0 Å². The first-order chi connectivity index (χ1) is 11.7. The first kappa shape index (κ1) is 15.3. The fraction of sp³-hybridized carbons (Fsp3) is 0.316. The van der Waals surface area contributed by atoms with E-state index < -0.39 is 0 Å². The fourth-order valence-electron chi connectivity index (χ4n) is 3.51. The molecule has 24 heavy (non-hydrogen) atoms. The maximum Gasteiger partial charge on any atom is 0.163 e. The minimum atomic E-state index is -0.127. The number of rotatable bonds is 3. The van der Waals surface area contributed by atoms with Crippen LogP contribution >= 0.6 is 11.3 Å². The summed E-state index contributed by atoms with van der Waals surface area (Å²) in [6, 6.07) is 7.81. The van der Waals surface area contributed by atoms with Crippen molar-refractivity contribution in [1.29, 1.82) is 0 Å². The Hall–Kier alpha value is -2.27. The number of ketones is 1. The lowest BCUT2D eigenvalue weighted by atomic mass is 9.79. The van der Waals surface area contributed by atoms with Crippen LogP contribution in [0.2, 0.25) is 0 Å². The molecule has 0 radical (unpaired) electrons. The Morgan fingerprint density at radius 2 is 2.08 bits per heavy atom. The molecule has 0 saturated heterocycles. The Balaban J connectivity index is 1.98. The maximum atomic E-state index is 12.7. The van der Waals surface area contributed by atoms with Crippen molar-refractivity contribution in [1.82, 2.24) is 0 Å². The van der Waals surface area contributed by atoms with Crippen LogP contribution in [-0.4, -0.2) is 20.0 Å². The highest BCUT2D eigenvalue weighted by Gasteiger charge is 2.39. The van der Waals surface area contributed by atoms with Gasteiger partial charge in [-0.25, -0.2) is 0 Å². The van der Waals surface area contributed by atoms with Gasteiger partial charge in [-0.15, -0.1) is 11.3 Å². The average Bonchev–Trinajstić information content (AvgIpc) is 3.13. The largest absolute Gasteiger partial charge is 0.496 e. The molecule has 0 fully saturated rings. The van der Waals surface area contributed by atoms with E-state index in [1.54, 1.807) is 25.6 Å². The van der Waals surface area contributed by atoms with Gasteiger partial charge in [-0.2, -0.15) is 0 Å². The van der Waals surface area contributed by atoms with Crippen LogP contribution in [0.3, 0.4) is 0 Å². The van der Waals surface area contributed by atoms with E-state index in [0.29, 0.717) is 17.9 Å². The molecular weight excluding hydrogens is 324 g/mol. The number of thiophene rings is 1. The Kier molecular flexibility index (Phi) is 3.81. The van der Waals surface area contributed by atoms with Gasteiger partial charge in [-0.05, 0) is 17.9 Å². The standard InChI is InChI=1S/C19H18O4S/c1-21-11-9-14(22-2)18-15(10-11)23-13-6-3-5-12(20)17(13)19(18)16-7-4-8-24-16/h4,7-10,19H,3,5-6H2,1-2H3. The highest BCUT2D eigenvalue weighted by Crippen LogP contribution is 2.52. The second kappa shape index (κ2) is 5.98. The highest BCUT2D eigenvalue weighted by atomic mass is 32.1. The normalized spacial score (nSPS) is 19.4. The summed E-state index contributed by atoms with van der Waals surface area (Å²) >= 11 is 1.65. The van der Waals surface area contributed by atoms with E-state index in [-0.39, 0.29) is 11.7 Å². The zero-order chi connectivity index (χ0) is 16.7. The van der Waals surface area contributed by atoms with Gasteiger partial charge < -0.3 is 14.2 Å². The lowest BCUT2D eigenvalue weighted by Gasteiger charge is -2.33. The highest BCUT2D eigenvalue weighted by molar-refractivity contribution is 7.10. The van der Waals surface area contributed by atoms with Crippen LogP contribution in [0, 0.1) is 0 Å². The van der Waals surface area contributed by atoms with Crippen LogP contribution in [0.4, 0.5) is 0 Å². The van der Waals surface area contributed by atoms with Crippen molar-refractivity contribution in [3.8, 4) is 17.2 Å². The number of carbonyl (C=O) groups is 1. The van der Waals surface area contributed by atoms with Crippen LogP contribution in [-0.2, 0) is 4.79 Å². The molecule has 1 aromatic heterocycles. The van der Waals surface area contributed by atoms with Crippen molar-refractivity contribution >= 4 is 17.1 Å². The Morgan fingerprint density at radius 3 is 2.79 bits per heavy atom. The molecule has 4 rings (SSSR count). The minimum Gasteiger partial charge on any atom is -0.496 e. The van der Waals surface area contributed by atoms with E-state index in [9.17, 15) is 4.79 Å². The first-order valence-electron chi connectivity index (χ1n) is 7.96. The van der Waals surface area contributed by atoms with Gasteiger partial charge in [0.15, 0.2) is 5.78 Å². The van der Waals surface area contributed by atoms with Crippen molar-refractivity contribution < 1.29 is 19.0 Å². The number of methoxy groups -OCH3 is 2. The van der Waals surface area contributed by atoms with Crippen LogP contribution < -0.4 is 14.2 Å². The molecule has 4 nitrogen and oxygen atoms in total. The molecule has 124 valence electrons. The number of Topliss-reactive ketones (excluding diaryl/α,β-unsaturated/α-hetero) is 1. The topological polar surface area (TPSA) is 44.8 Å². The summed E-state index contributed by atoms with van der Waals surface area (Å²) in [5.41, 5.74) is 1.70. The van der Waals surface area contributed by atoms with Crippen LogP contribution in [0.1, 0.15) is 35.6 Å². The Morgan fingerprint density at radius 1 is 1.21 bits per heavy atom. The summed E-state index contributed by atoms with van der Waals surface area (Å²) in [7, 11) is 3.25. The summed E-state index contributed by atoms with van der Waals surface area (Å²) < 4.78 is 17.1. The van der Waals surface area contributed by atoms with Gasteiger partial charge in [0.25, 0.3) is 0 Å². The molecule has 2 aromatic rings. The molecule has 1 aromatic carbocycles. The lowest BCUT2D eigenvalue weighted by Crippen LogP contribution is -2.25. The third kappa shape index (κ3) is 2.31. The van der Waals surface area contributed by atoms with Gasteiger partial charge in [0.2, 0.25) is 0 Å². The number of fused-ring (bicyclic) bond motifs is 1. The van der Waals surface area contributed by atoms with E-state index in [2.05, 4.69) is 6.07 Å². The Labute approximate surface area is 144 Å². The smallest absolute Gasteiger partial charge is 0.163 e. The van der Waals surface area contributed by atoms with Crippen LogP contribution in [0.5, 0.6) is 17.2 Å². The second-order valence-electron chi connectivity index (χ2n) is 5.91. The second-order valence-corrected chi connectivity index (χ2v) is 6.88. The molecule has 2 aliphatic rings. The maximum absolute atomic E-state index is 12.7. The molecule has 5 heteroatoms. The number of hydrogen-bond acceptors (Lipinski definition) is 5. The van der Waals surface area contributed by atoms with E-state index in [1.165, 1.54) is 0 Å². The molecule has 1 atom stereocenters. The van der Waals surface area contributed by atoms with Gasteiger partial charge in [0, 0.05) is 35.4 Å². The summed E-state index contributed by atoms with van der Waals surface area (Å²) in [5, 5.41) is 2.04. The lowest BCUT2D eigenvalue weighted by molar-refractivity contribution is -0.116. The number of hydrogen-bond donors (Lipinski definition) is 0. The summed E-state index contributed by atoms with van der Waals surface area (Å²) in [4.78, 5) is 13.8. The summed E-state index contributed by atoms with van der Waals surface area (Å²) in [5.74, 6) is 2.94.